The normalized spacial score (nSPS) is 21.5. The first-order valence-corrected chi connectivity index (χ1v) is 9.17. The van der Waals surface area contributed by atoms with Gasteiger partial charge in [0.05, 0.1) is 0 Å². The standard InChI is InChI=1S/C18H36N4.HI/c1-6-15(7-2)16(21(4)5)13-20-17(19-3)22-12-11-18(14-22)9-8-10-18;/h15-16H,6-14H2,1-5H3,(H,19,20);1H. The number of guanidine groups is 1. The third kappa shape index (κ3) is 4.97. The molecule has 0 aromatic heterocycles. The summed E-state index contributed by atoms with van der Waals surface area (Å²) in [6, 6.07) is 0.576. The Morgan fingerprint density at radius 3 is 2.26 bits per heavy atom. The Balaban J connectivity index is 0.00000264. The van der Waals surface area contributed by atoms with E-state index in [0.29, 0.717) is 11.5 Å². The van der Waals surface area contributed by atoms with Crippen LogP contribution in [0.1, 0.15) is 52.4 Å². The van der Waals surface area contributed by atoms with Crippen molar-refractivity contribution in [1.82, 2.24) is 15.1 Å². The number of nitrogens with one attached hydrogen (secondary N) is 1. The average molecular weight is 436 g/mol. The molecule has 0 aromatic rings. The Bertz CT molecular complexity index is 375. The van der Waals surface area contributed by atoms with Crippen LogP contribution in [-0.2, 0) is 0 Å². The van der Waals surface area contributed by atoms with Crippen molar-refractivity contribution >= 4 is 29.9 Å². The molecule has 1 aliphatic heterocycles. The zero-order chi connectivity index (χ0) is 16.2. The van der Waals surface area contributed by atoms with Crippen molar-refractivity contribution in [2.24, 2.45) is 16.3 Å². The van der Waals surface area contributed by atoms with Crippen LogP contribution in [-0.4, -0.2) is 62.6 Å². The van der Waals surface area contributed by atoms with E-state index in [9.17, 15) is 0 Å². The molecule has 0 aromatic carbocycles. The van der Waals surface area contributed by atoms with Crippen LogP contribution in [0.4, 0.5) is 0 Å². The van der Waals surface area contributed by atoms with Crippen LogP contribution >= 0.6 is 24.0 Å². The molecule has 0 bridgehead atoms. The van der Waals surface area contributed by atoms with E-state index in [1.54, 1.807) is 0 Å². The van der Waals surface area contributed by atoms with Crippen LogP contribution in [0.25, 0.3) is 0 Å². The van der Waals surface area contributed by atoms with Gasteiger partial charge in [-0.1, -0.05) is 33.1 Å². The third-order valence-electron chi connectivity index (χ3n) is 6.09. The van der Waals surface area contributed by atoms with E-state index in [2.05, 4.69) is 48.1 Å². The van der Waals surface area contributed by atoms with Gasteiger partial charge in [-0.25, -0.2) is 0 Å². The summed E-state index contributed by atoms with van der Waals surface area (Å²) in [4.78, 5) is 9.40. The maximum absolute atomic E-state index is 4.55. The summed E-state index contributed by atoms with van der Waals surface area (Å²) in [6.07, 6.45) is 8.12. The van der Waals surface area contributed by atoms with Gasteiger partial charge in [0.25, 0.3) is 0 Å². The minimum atomic E-state index is 0. The molecule has 1 heterocycles. The monoisotopic (exact) mass is 436 g/mol. The van der Waals surface area contributed by atoms with Crippen molar-refractivity contribution in [3.05, 3.63) is 0 Å². The predicted octanol–water partition coefficient (Wildman–Crippen LogP) is 3.42. The summed E-state index contributed by atoms with van der Waals surface area (Å²) < 4.78 is 0. The van der Waals surface area contributed by atoms with Gasteiger partial charge >= 0.3 is 0 Å². The molecule has 23 heavy (non-hydrogen) atoms. The molecule has 1 saturated heterocycles. The molecule has 2 fully saturated rings. The third-order valence-corrected chi connectivity index (χ3v) is 6.09. The SMILES string of the molecule is CCC(CC)C(CNC(=NC)N1CCC2(CCC2)C1)N(C)C.I. The summed E-state index contributed by atoms with van der Waals surface area (Å²) in [5, 5.41) is 3.66. The van der Waals surface area contributed by atoms with Gasteiger partial charge in [0.1, 0.15) is 0 Å². The Labute approximate surface area is 160 Å². The van der Waals surface area contributed by atoms with E-state index < -0.39 is 0 Å². The number of hydrogen-bond donors (Lipinski definition) is 1. The first-order valence-electron chi connectivity index (χ1n) is 9.17. The molecule has 1 aliphatic carbocycles. The molecule has 1 N–H and O–H groups in total. The van der Waals surface area contributed by atoms with E-state index in [0.717, 1.165) is 18.4 Å². The molecule has 1 atom stereocenters. The molecule has 5 heteroatoms. The summed E-state index contributed by atoms with van der Waals surface area (Å²) >= 11 is 0. The van der Waals surface area contributed by atoms with Crippen LogP contribution in [0.2, 0.25) is 0 Å². The van der Waals surface area contributed by atoms with Crippen molar-refractivity contribution in [3.8, 4) is 0 Å². The molecule has 0 amide bonds. The first kappa shape index (κ1) is 21.0. The van der Waals surface area contributed by atoms with Crippen LogP contribution < -0.4 is 5.32 Å². The van der Waals surface area contributed by atoms with Gasteiger partial charge in [-0.2, -0.15) is 0 Å². The largest absolute Gasteiger partial charge is 0.355 e. The number of aliphatic imine (C=N–C) groups is 1. The highest BCUT2D eigenvalue weighted by Gasteiger charge is 2.43. The van der Waals surface area contributed by atoms with Crippen LogP contribution in [0.3, 0.4) is 0 Å². The highest BCUT2D eigenvalue weighted by Crippen LogP contribution is 2.47. The second kappa shape index (κ2) is 9.44. The molecule has 1 spiro atoms. The molecule has 1 saturated carbocycles. The number of rotatable bonds is 6. The van der Waals surface area contributed by atoms with E-state index in [4.69, 9.17) is 0 Å². The zero-order valence-electron chi connectivity index (χ0n) is 15.8. The van der Waals surface area contributed by atoms with Gasteiger partial charge in [0.2, 0.25) is 0 Å². The lowest BCUT2D eigenvalue weighted by Crippen LogP contribution is -2.49. The van der Waals surface area contributed by atoms with Crippen molar-refractivity contribution in [1.29, 1.82) is 0 Å². The van der Waals surface area contributed by atoms with E-state index in [1.807, 2.05) is 7.05 Å². The molecule has 136 valence electrons. The van der Waals surface area contributed by atoms with Gasteiger partial charge in [-0.3, -0.25) is 4.99 Å². The van der Waals surface area contributed by atoms with Gasteiger partial charge in [0.15, 0.2) is 5.96 Å². The van der Waals surface area contributed by atoms with Gasteiger partial charge in [-0.05, 0) is 44.7 Å². The second-order valence-corrected chi connectivity index (χ2v) is 7.56. The fraction of sp³-hybridized carbons (Fsp3) is 0.944. The van der Waals surface area contributed by atoms with Crippen LogP contribution in [0.15, 0.2) is 4.99 Å². The molecule has 1 unspecified atom stereocenters. The minimum absolute atomic E-state index is 0. The van der Waals surface area contributed by atoms with Gasteiger partial charge in [0, 0.05) is 32.7 Å². The Hall–Kier alpha value is -0.0400. The first-order chi connectivity index (χ1) is 10.5. The molecule has 2 aliphatic rings. The molecule has 4 nitrogen and oxygen atoms in total. The minimum Gasteiger partial charge on any atom is -0.355 e. The lowest BCUT2D eigenvalue weighted by Gasteiger charge is -2.38. The number of likely N-dealkylation sites (tertiary alicyclic amines) is 1. The van der Waals surface area contributed by atoms with E-state index in [-0.39, 0.29) is 24.0 Å². The summed E-state index contributed by atoms with van der Waals surface area (Å²) in [5.74, 6) is 1.86. The maximum atomic E-state index is 4.55. The molecule has 2 rings (SSSR count). The Morgan fingerprint density at radius 1 is 1.22 bits per heavy atom. The van der Waals surface area contributed by atoms with Gasteiger partial charge < -0.3 is 15.1 Å². The van der Waals surface area contributed by atoms with Crippen LogP contribution in [0, 0.1) is 11.3 Å². The predicted molar refractivity (Wildman–Crippen MR) is 111 cm³/mol. The summed E-state index contributed by atoms with van der Waals surface area (Å²) in [5.41, 5.74) is 0.633. The summed E-state index contributed by atoms with van der Waals surface area (Å²) in [7, 11) is 6.33. The molecular weight excluding hydrogens is 399 g/mol. The summed E-state index contributed by atoms with van der Waals surface area (Å²) in [6.45, 7) is 8.00. The maximum Gasteiger partial charge on any atom is 0.193 e. The van der Waals surface area contributed by atoms with E-state index in [1.165, 1.54) is 51.6 Å². The lowest BCUT2D eigenvalue weighted by atomic mass is 9.68. The van der Waals surface area contributed by atoms with E-state index >= 15 is 0 Å². The molecule has 0 radical (unpaired) electrons. The fourth-order valence-electron chi connectivity index (χ4n) is 4.33. The highest BCUT2D eigenvalue weighted by atomic mass is 127. The van der Waals surface area contributed by atoms with Crippen molar-refractivity contribution < 1.29 is 0 Å². The Morgan fingerprint density at radius 2 is 1.87 bits per heavy atom. The topological polar surface area (TPSA) is 30.9 Å². The zero-order valence-corrected chi connectivity index (χ0v) is 18.1. The smallest absolute Gasteiger partial charge is 0.193 e. The van der Waals surface area contributed by atoms with Crippen molar-refractivity contribution in [2.75, 3.05) is 40.8 Å². The molecular formula is C18H37IN4. The fourth-order valence-corrected chi connectivity index (χ4v) is 4.33. The van der Waals surface area contributed by atoms with Crippen molar-refractivity contribution in [2.45, 2.75) is 58.4 Å². The second-order valence-electron chi connectivity index (χ2n) is 7.56. The number of likely N-dealkylation sites (N-methyl/N-ethyl adjacent to an activating group) is 1. The highest BCUT2D eigenvalue weighted by molar-refractivity contribution is 14.0. The average Bonchev–Trinajstić information content (AvgIpc) is 2.92. The number of nitrogens with zero attached hydrogens (tertiary/aromatic N) is 3. The van der Waals surface area contributed by atoms with Gasteiger partial charge in [-0.15, -0.1) is 24.0 Å². The lowest BCUT2D eigenvalue weighted by molar-refractivity contribution is 0.151. The number of halogens is 1. The van der Waals surface area contributed by atoms with Crippen LogP contribution in [0.5, 0.6) is 0 Å². The number of hydrogen-bond acceptors (Lipinski definition) is 2. The Kier molecular flexibility index (Phi) is 8.63. The quantitative estimate of drug-likeness (QED) is 0.393. The van der Waals surface area contributed by atoms with Crippen molar-refractivity contribution in [3.63, 3.8) is 0 Å².